The highest BCUT2D eigenvalue weighted by Crippen LogP contribution is 2.20. The molecule has 0 unspecified atom stereocenters. The highest BCUT2D eigenvalue weighted by Gasteiger charge is 2.24. The lowest BCUT2D eigenvalue weighted by Crippen LogP contribution is -2.16. The van der Waals surface area contributed by atoms with Gasteiger partial charge in [-0.3, -0.25) is 0 Å². The average molecular weight is 421 g/mol. The Hall–Kier alpha value is -2.84. The van der Waals surface area contributed by atoms with E-state index >= 15 is 0 Å². The van der Waals surface area contributed by atoms with E-state index in [1.165, 1.54) is 12.1 Å². The van der Waals surface area contributed by atoms with E-state index in [1.807, 2.05) is 6.92 Å². The van der Waals surface area contributed by atoms with Gasteiger partial charge in [0.05, 0.1) is 17.0 Å². The normalized spacial score (nSPS) is 11.2. The molecule has 0 aliphatic carbocycles. The Kier molecular flexibility index (Phi) is 5.71. The van der Waals surface area contributed by atoms with Crippen LogP contribution in [0.1, 0.15) is 21.6 Å². The number of hydrogen-bond acceptors (Lipinski definition) is 6. The van der Waals surface area contributed by atoms with Gasteiger partial charge in [0, 0.05) is 0 Å². The van der Waals surface area contributed by atoms with Crippen LogP contribution in [-0.2, 0) is 15.6 Å². The lowest BCUT2D eigenvalue weighted by molar-refractivity contribution is 0.0727. The first-order valence-corrected chi connectivity index (χ1v) is 10.1. The summed E-state index contributed by atoms with van der Waals surface area (Å²) >= 11 is 5.93. The number of aryl methyl sites for hydroxylation is 1. The molecule has 0 atom stereocenters. The number of nitrogens with zero attached hydrogens (tertiary/aromatic N) is 2. The molecule has 0 bridgehead atoms. The molecule has 9 heteroatoms. The van der Waals surface area contributed by atoms with Crippen LogP contribution in [0.15, 0.2) is 59.9 Å². The van der Waals surface area contributed by atoms with Gasteiger partial charge < -0.3 is 4.74 Å². The van der Waals surface area contributed by atoms with Crippen molar-refractivity contribution in [3.05, 3.63) is 82.4 Å². The van der Waals surface area contributed by atoms with E-state index in [2.05, 4.69) is 9.97 Å². The molecule has 144 valence electrons. The number of hydrogen-bond donors (Lipinski definition) is 0. The van der Waals surface area contributed by atoms with Gasteiger partial charge in [-0.25, -0.2) is 27.6 Å². The summed E-state index contributed by atoms with van der Waals surface area (Å²) in [7, 11) is -3.92. The number of benzene rings is 2. The highest BCUT2D eigenvalue weighted by molar-refractivity contribution is 7.90. The molecule has 0 aliphatic heterocycles. The fourth-order valence-electron chi connectivity index (χ4n) is 2.27. The van der Waals surface area contributed by atoms with Crippen LogP contribution < -0.4 is 4.74 Å². The van der Waals surface area contributed by atoms with Crippen LogP contribution in [0.2, 0.25) is 5.02 Å². The van der Waals surface area contributed by atoms with E-state index in [-0.39, 0.29) is 16.5 Å². The number of aromatic nitrogens is 2. The van der Waals surface area contributed by atoms with Gasteiger partial charge in [0.1, 0.15) is 11.6 Å². The first-order chi connectivity index (χ1) is 13.2. The smallest absolute Gasteiger partial charge is 0.364 e. The van der Waals surface area contributed by atoms with Crippen molar-refractivity contribution in [2.75, 3.05) is 0 Å². The largest absolute Gasteiger partial charge is 0.422 e. The molecule has 0 N–H and O–H groups in total. The highest BCUT2D eigenvalue weighted by atomic mass is 35.5. The predicted octanol–water partition coefficient (Wildman–Crippen LogP) is 3.77. The summed E-state index contributed by atoms with van der Waals surface area (Å²) in [5, 5.41) is -0.704. The molecule has 0 radical (unpaired) electrons. The van der Waals surface area contributed by atoms with Crippen LogP contribution in [-0.4, -0.2) is 24.4 Å². The van der Waals surface area contributed by atoms with Gasteiger partial charge in [0.25, 0.3) is 0 Å². The first kappa shape index (κ1) is 19.9. The van der Waals surface area contributed by atoms with Crippen LogP contribution in [0.25, 0.3) is 0 Å². The molecule has 0 saturated heterocycles. The summed E-state index contributed by atoms with van der Waals surface area (Å²) in [6.45, 7) is 1.89. The molecular weight excluding hydrogens is 407 g/mol. The molecule has 0 fully saturated rings. The molecule has 0 amide bonds. The minimum absolute atomic E-state index is 0.0603. The van der Waals surface area contributed by atoms with Crippen molar-refractivity contribution < 1.29 is 22.3 Å². The molecule has 1 heterocycles. The van der Waals surface area contributed by atoms with Crippen molar-refractivity contribution >= 4 is 27.4 Å². The van der Waals surface area contributed by atoms with Gasteiger partial charge in [-0.15, -0.1) is 0 Å². The number of ether oxygens (including phenoxy) is 1. The van der Waals surface area contributed by atoms with E-state index in [1.54, 1.807) is 24.3 Å². The lowest BCUT2D eigenvalue weighted by atomic mass is 10.2. The van der Waals surface area contributed by atoms with Gasteiger partial charge in [0.15, 0.2) is 5.69 Å². The molecule has 28 heavy (non-hydrogen) atoms. The summed E-state index contributed by atoms with van der Waals surface area (Å²) in [4.78, 5) is 19.8. The lowest BCUT2D eigenvalue weighted by Gasteiger charge is -2.08. The zero-order valence-corrected chi connectivity index (χ0v) is 16.2. The Morgan fingerprint density at radius 1 is 1.11 bits per heavy atom. The molecule has 0 aliphatic rings. The van der Waals surface area contributed by atoms with Gasteiger partial charge in [-0.2, -0.15) is 0 Å². The minimum atomic E-state index is -3.92. The standard InChI is InChI=1S/C19H14ClFN2O4S/c1-12-2-4-13(5-3-12)11-28(25,26)19-22-10-16(20)17(23-19)18(24)27-15-8-6-14(21)7-9-15/h2-10H,11H2,1H3. The molecule has 1 aromatic heterocycles. The molecule has 0 spiro atoms. The third kappa shape index (κ3) is 4.71. The number of esters is 1. The topological polar surface area (TPSA) is 86.2 Å². The van der Waals surface area contributed by atoms with E-state index in [0.717, 1.165) is 23.9 Å². The Bertz CT molecular complexity index is 1120. The third-order valence-corrected chi connectivity index (χ3v) is 5.44. The van der Waals surface area contributed by atoms with Crippen molar-refractivity contribution in [3.63, 3.8) is 0 Å². The van der Waals surface area contributed by atoms with Crippen molar-refractivity contribution in [1.29, 1.82) is 0 Å². The Morgan fingerprint density at radius 3 is 2.39 bits per heavy atom. The number of sulfone groups is 1. The number of halogens is 2. The summed E-state index contributed by atoms with van der Waals surface area (Å²) in [6, 6.07) is 11.7. The molecule has 0 saturated carbocycles. The van der Waals surface area contributed by atoms with Gasteiger partial charge in [0.2, 0.25) is 15.0 Å². The second kappa shape index (κ2) is 8.04. The monoisotopic (exact) mass is 420 g/mol. The van der Waals surface area contributed by atoms with E-state index in [0.29, 0.717) is 5.56 Å². The second-order valence-electron chi connectivity index (χ2n) is 5.94. The minimum Gasteiger partial charge on any atom is -0.422 e. The SMILES string of the molecule is Cc1ccc(CS(=O)(=O)c2ncc(Cl)c(C(=O)Oc3ccc(F)cc3)n2)cc1. The maximum atomic E-state index is 12.9. The zero-order valence-electron chi connectivity index (χ0n) is 14.6. The Labute approximate surface area is 165 Å². The second-order valence-corrected chi connectivity index (χ2v) is 8.23. The van der Waals surface area contributed by atoms with Crippen LogP contribution in [0, 0.1) is 12.7 Å². The molecule has 3 aromatic rings. The van der Waals surface area contributed by atoms with E-state index < -0.39 is 32.5 Å². The van der Waals surface area contributed by atoms with Crippen LogP contribution in [0.3, 0.4) is 0 Å². The van der Waals surface area contributed by atoms with Crippen molar-refractivity contribution in [2.24, 2.45) is 0 Å². The zero-order chi connectivity index (χ0) is 20.3. The Morgan fingerprint density at radius 2 is 1.75 bits per heavy atom. The van der Waals surface area contributed by atoms with Crippen LogP contribution in [0.4, 0.5) is 4.39 Å². The summed E-state index contributed by atoms with van der Waals surface area (Å²) in [6.07, 6.45) is 1.03. The van der Waals surface area contributed by atoms with E-state index in [9.17, 15) is 17.6 Å². The Balaban J connectivity index is 1.86. The summed E-state index contributed by atoms with van der Waals surface area (Å²) < 4.78 is 43.2. The van der Waals surface area contributed by atoms with Crippen molar-refractivity contribution in [1.82, 2.24) is 9.97 Å². The van der Waals surface area contributed by atoms with Crippen molar-refractivity contribution in [3.8, 4) is 5.75 Å². The number of rotatable bonds is 5. The number of carbonyl (C=O) groups is 1. The van der Waals surface area contributed by atoms with Crippen LogP contribution >= 0.6 is 11.6 Å². The molecule has 3 rings (SSSR count). The summed E-state index contributed by atoms with van der Waals surface area (Å²) in [5.41, 5.74) is 1.15. The molecule has 6 nitrogen and oxygen atoms in total. The fraction of sp³-hybridized carbons (Fsp3) is 0.105. The van der Waals surface area contributed by atoms with E-state index in [4.69, 9.17) is 16.3 Å². The van der Waals surface area contributed by atoms with Gasteiger partial charge in [-0.1, -0.05) is 41.4 Å². The first-order valence-electron chi connectivity index (χ1n) is 8.03. The van der Waals surface area contributed by atoms with Gasteiger partial charge >= 0.3 is 5.97 Å². The number of carbonyl (C=O) groups excluding carboxylic acids is 1. The summed E-state index contributed by atoms with van der Waals surface area (Å²) in [5.74, 6) is -1.75. The van der Waals surface area contributed by atoms with Gasteiger partial charge in [-0.05, 0) is 36.8 Å². The predicted molar refractivity (Wildman–Crippen MR) is 100 cm³/mol. The fourth-order valence-corrected chi connectivity index (χ4v) is 3.64. The quantitative estimate of drug-likeness (QED) is 0.355. The molecular formula is C19H14ClFN2O4S. The maximum Gasteiger partial charge on any atom is 0.364 e. The third-order valence-electron chi connectivity index (χ3n) is 3.69. The molecule has 2 aromatic carbocycles. The van der Waals surface area contributed by atoms with Crippen molar-refractivity contribution in [2.45, 2.75) is 17.8 Å². The average Bonchev–Trinajstić information content (AvgIpc) is 2.65. The maximum absolute atomic E-state index is 12.9. The van der Waals surface area contributed by atoms with Crippen LogP contribution in [0.5, 0.6) is 5.75 Å².